The van der Waals surface area contributed by atoms with Gasteiger partial charge >= 0.3 is 0 Å². The number of ether oxygens (including phenoxy) is 1. The summed E-state index contributed by atoms with van der Waals surface area (Å²) in [5.74, 6) is -0.0887. The normalized spacial score (nSPS) is 14.3. The second-order valence-electron chi connectivity index (χ2n) is 5.42. The number of phenolic OH excluding ortho intramolecular Hbond substituents is 1. The molecule has 1 aromatic carbocycles. The number of fused-ring (bicyclic) bond motifs is 1. The number of hydrogen-bond acceptors (Lipinski definition) is 6. The van der Waals surface area contributed by atoms with E-state index in [0.717, 1.165) is 29.8 Å². The molecule has 3 rings (SSSR count). The average molecular weight is 313 g/mol. The van der Waals surface area contributed by atoms with E-state index in [2.05, 4.69) is 21.1 Å². The van der Waals surface area contributed by atoms with Crippen molar-refractivity contribution in [2.75, 3.05) is 13.7 Å². The molecule has 7 heteroatoms. The second kappa shape index (κ2) is 6.21. The summed E-state index contributed by atoms with van der Waals surface area (Å²) in [4.78, 5) is 21.4. The Bertz CT molecular complexity index is 748. The van der Waals surface area contributed by atoms with Crippen LogP contribution >= 0.6 is 0 Å². The van der Waals surface area contributed by atoms with E-state index in [1.54, 1.807) is 12.1 Å². The van der Waals surface area contributed by atoms with Gasteiger partial charge in [0, 0.05) is 25.2 Å². The summed E-state index contributed by atoms with van der Waals surface area (Å²) in [6.45, 7) is 2.07. The largest absolute Gasteiger partial charge is 0.504 e. The lowest BCUT2D eigenvalue weighted by molar-refractivity contribution is 0.0989. The molecule has 0 saturated carbocycles. The van der Waals surface area contributed by atoms with Crippen LogP contribution < -0.4 is 10.5 Å². The van der Waals surface area contributed by atoms with E-state index in [-0.39, 0.29) is 11.6 Å². The highest BCUT2D eigenvalue weighted by Crippen LogP contribution is 2.27. The van der Waals surface area contributed by atoms with Crippen molar-refractivity contribution in [1.82, 2.24) is 14.9 Å². The summed E-state index contributed by atoms with van der Waals surface area (Å²) in [6.07, 6.45) is 3.61. The van der Waals surface area contributed by atoms with Crippen LogP contribution in [0.5, 0.6) is 11.5 Å². The number of hydrogen-bond donors (Lipinski definition) is 2. The van der Waals surface area contributed by atoms with Crippen molar-refractivity contribution in [3.63, 3.8) is 0 Å². The van der Waals surface area contributed by atoms with Crippen molar-refractivity contribution < 1.29 is 14.6 Å². The topological polar surface area (TPSA) is 102 Å². The lowest BCUT2D eigenvalue weighted by atomic mass is 10.1. The standard InChI is InChI=1S/C16H17N4O3/c1-23-14-3-2-10(6-13(14)21)8-20-5-4-11-7-18-16(15(17)22)19-12(11)9-20/h2-3,6,21H,4-5,8-9H2,1H3,(H2,17,22). The monoisotopic (exact) mass is 313 g/mol. The number of nitrogens with zero attached hydrogens (tertiary/aromatic N) is 3. The Labute approximate surface area is 133 Å². The van der Waals surface area contributed by atoms with Crippen LogP contribution in [0.1, 0.15) is 27.4 Å². The maximum absolute atomic E-state index is 11.2. The molecule has 0 aliphatic carbocycles. The molecule has 2 heterocycles. The SMILES string of the molecule is COc1ccc(CN2CCc3[c]nc(C(N)=O)nc3C2)cc1O. The minimum absolute atomic E-state index is 0.00677. The number of amides is 1. The summed E-state index contributed by atoms with van der Waals surface area (Å²) in [6, 6.07) is 5.34. The average Bonchev–Trinajstić information content (AvgIpc) is 2.54. The zero-order chi connectivity index (χ0) is 16.4. The zero-order valence-corrected chi connectivity index (χ0v) is 12.7. The highest BCUT2D eigenvalue weighted by Gasteiger charge is 2.20. The lowest BCUT2D eigenvalue weighted by Crippen LogP contribution is -2.32. The molecule has 0 spiro atoms. The Kier molecular flexibility index (Phi) is 4.12. The van der Waals surface area contributed by atoms with Crippen LogP contribution in [-0.2, 0) is 19.5 Å². The Morgan fingerprint density at radius 3 is 3.04 bits per heavy atom. The molecular formula is C16H17N4O3. The van der Waals surface area contributed by atoms with Crippen LogP contribution in [0.3, 0.4) is 0 Å². The molecule has 1 aliphatic heterocycles. The molecule has 0 saturated heterocycles. The Morgan fingerprint density at radius 1 is 1.52 bits per heavy atom. The first-order valence-electron chi connectivity index (χ1n) is 7.22. The first-order valence-corrected chi connectivity index (χ1v) is 7.22. The number of nitrogens with two attached hydrogens (primary N) is 1. The predicted octanol–water partition coefficient (Wildman–Crippen LogP) is 0.648. The molecule has 119 valence electrons. The van der Waals surface area contributed by atoms with Crippen molar-refractivity contribution >= 4 is 5.91 Å². The molecule has 23 heavy (non-hydrogen) atoms. The molecule has 1 radical (unpaired) electrons. The van der Waals surface area contributed by atoms with Gasteiger partial charge in [0.25, 0.3) is 5.91 Å². The summed E-state index contributed by atoms with van der Waals surface area (Å²) in [5, 5.41) is 9.86. The van der Waals surface area contributed by atoms with Crippen molar-refractivity contribution in [2.45, 2.75) is 19.5 Å². The van der Waals surface area contributed by atoms with Gasteiger partial charge in [0.05, 0.1) is 19.0 Å². The van der Waals surface area contributed by atoms with Gasteiger partial charge in [-0.25, -0.2) is 9.97 Å². The van der Waals surface area contributed by atoms with Crippen LogP contribution in [0.25, 0.3) is 0 Å². The van der Waals surface area contributed by atoms with Gasteiger partial charge in [-0.15, -0.1) is 0 Å². The molecule has 0 atom stereocenters. The highest BCUT2D eigenvalue weighted by atomic mass is 16.5. The van der Waals surface area contributed by atoms with E-state index < -0.39 is 5.91 Å². The van der Waals surface area contributed by atoms with Crippen LogP contribution in [0.2, 0.25) is 0 Å². The number of benzene rings is 1. The van der Waals surface area contributed by atoms with Gasteiger partial charge in [0.2, 0.25) is 5.82 Å². The second-order valence-corrected chi connectivity index (χ2v) is 5.42. The highest BCUT2D eigenvalue weighted by molar-refractivity contribution is 5.88. The number of rotatable bonds is 4. The van der Waals surface area contributed by atoms with Gasteiger partial charge in [-0.3, -0.25) is 9.69 Å². The van der Waals surface area contributed by atoms with E-state index in [1.807, 2.05) is 6.07 Å². The fourth-order valence-electron chi connectivity index (χ4n) is 2.63. The van der Waals surface area contributed by atoms with Gasteiger partial charge in [-0.05, 0) is 24.1 Å². The third kappa shape index (κ3) is 3.24. The fourth-order valence-corrected chi connectivity index (χ4v) is 2.63. The molecule has 0 unspecified atom stereocenters. The number of primary amides is 1. The molecule has 3 N–H and O–H groups in total. The molecule has 1 amide bonds. The van der Waals surface area contributed by atoms with Gasteiger partial charge in [0.15, 0.2) is 11.5 Å². The zero-order valence-electron chi connectivity index (χ0n) is 12.7. The van der Waals surface area contributed by atoms with Crippen LogP contribution in [0.15, 0.2) is 18.2 Å². The summed E-state index contributed by atoms with van der Waals surface area (Å²) >= 11 is 0. The van der Waals surface area contributed by atoms with Crippen LogP contribution in [-0.4, -0.2) is 39.5 Å². The smallest absolute Gasteiger partial charge is 0.286 e. The third-order valence-electron chi connectivity index (χ3n) is 3.81. The molecular weight excluding hydrogens is 296 g/mol. The van der Waals surface area contributed by atoms with Gasteiger partial charge in [-0.2, -0.15) is 0 Å². The Hall–Kier alpha value is -2.67. The van der Waals surface area contributed by atoms with Gasteiger partial charge in [0.1, 0.15) is 0 Å². The molecule has 2 aromatic rings. The quantitative estimate of drug-likeness (QED) is 0.859. The molecule has 0 fully saturated rings. The lowest BCUT2D eigenvalue weighted by Gasteiger charge is -2.27. The number of aromatic nitrogens is 2. The van der Waals surface area contributed by atoms with Gasteiger partial charge in [-0.1, -0.05) is 6.07 Å². The molecule has 7 nitrogen and oxygen atoms in total. The molecule has 0 bridgehead atoms. The van der Waals surface area contributed by atoms with E-state index in [4.69, 9.17) is 10.5 Å². The van der Waals surface area contributed by atoms with Gasteiger partial charge < -0.3 is 15.6 Å². The summed E-state index contributed by atoms with van der Waals surface area (Å²) in [5.41, 5.74) is 7.88. The third-order valence-corrected chi connectivity index (χ3v) is 3.81. The van der Waals surface area contributed by atoms with Crippen molar-refractivity contribution in [3.8, 4) is 11.5 Å². The van der Waals surface area contributed by atoms with Crippen LogP contribution in [0, 0.1) is 6.20 Å². The number of carbonyl (C=O) groups excluding carboxylic acids is 1. The van der Waals surface area contributed by atoms with Crippen molar-refractivity contribution in [1.29, 1.82) is 0 Å². The predicted molar refractivity (Wildman–Crippen MR) is 81.9 cm³/mol. The van der Waals surface area contributed by atoms with E-state index in [9.17, 15) is 9.90 Å². The summed E-state index contributed by atoms with van der Waals surface area (Å²) in [7, 11) is 1.52. The number of carbonyl (C=O) groups is 1. The fraction of sp³-hybridized carbons (Fsp3) is 0.312. The first kappa shape index (κ1) is 15.2. The van der Waals surface area contributed by atoms with Crippen molar-refractivity contribution in [3.05, 3.63) is 47.0 Å². The minimum Gasteiger partial charge on any atom is -0.504 e. The maximum Gasteiger partial charge on any atom is 0.286 e. The molecule has 1 aliphatic rings. The maximum atomic E-state index is 11.2. The van der Waals surface area contributed by atoms with Crippen LogP contribution in [0.4, 0.5) is 0 Å². The number of phenols is 1. The van der Waals surface area contributed by atoms with E-state index >= 15 is 0 Å². The Morgan fingerprint density at radius 2 is 2.35 bits per heavy atom. The van der Waals surface area contributed by atoms with Crippen molar-refractivity contribution in [2.24, 2.45) is 5.73 Å². The minimum atomic E-state index is -0.652. The van der Waals surface area contributed by atoms with E-state index in [1.165, 1.54) is 7.11 Å². The van der Waals surface area contributed by atoms with E-state index in [0.29, 0.717) is 18.8 Å². The number of aromatic hydroxyl groups is 1. The first-order chi connectivity index (χ1) is 11.1. The number of methoxy groups -OCH3 is 1. The molecule has 1 aromatic heterocycles. The Balaban J connectivity index is 1.75. The summed E-state index contributed by atoms with van der Waals surface area (Å²) < 4.78 is 5.04.